The maximum atomic E-state index is 12.4. The summed E-state index contributed by atoms with van der Waals surface area (Å²) in [5.41, 5.74) is -0.256. The van der Waals surface area contributed by atoms with Crippen LogP contribution in [0.2, 0.25) is 0 Å². The number of alkyl halides is 3. The topological polar surface area (TPSA) is 96.6 Å². The second-order valence-corrected chi connectivity index (χ2v) is 3.95. The molecule has 0 atom stereocenters. The van der Waals surface area contributed by atoms with Gasteiger partial charge in [-0.25, -0.2) is 4.98 Å². The van der Waals surface area contributed by atoms with Crippen LogP contribution >= 0.6 is 0 Å². The smallest absolute Gasteiger partial charge is 0.405 e. The third-order valence-corrected chi connectivity index (χ3v) is 2.28. The highest BCUT2D eigenvalue weighted by atomic mass is 19.4. The molecule has 20 heavy (non-hydrogen) atoms. The Labute approximate surface area is 110 Å². The Hall–Kier alpha value is -2.39. The van der Waals surface area contributed by atoms with E-state index in [0.717, 1.165) is 12.3 Å². The van der Waals surface area contributed by atoms with Crippen molar-refractivity contribution >= 4 is 17.5 Å². The lowest BCUT2D eigenvalue weighted by atomic mass is 10.2. The van der Waals surface area contributed by atoms with Gasteiger partial charge in [-0.05, 0) is 6.92 Å². The van der Waals surface area contributed by atoms with Gasteiger partial charge in [0.15, 0.2) is 0 Å². The number of hydrogen-bond donors (Lipinski definition) is 1. The first-order valence-corrected chi connectivity index (χ1v) is 5.24. The van der Waals surface area contributed by atoms with E-state index in [9.17, 15) is 28.1 Å². The fraction of sp³-hybridized carbons (Fsp3) is 0.400. The number of halogens is 3. The van der Waals surface area contributed by atoms with E-state index in [1.165, 1.54) is 6.92 Å². The number of aryl methyl sites for hydroxylation is 1. The SMILES string of the molecule is Cc1cnc(N(CC(=O)O)CC(F)(F)F)cc1[N+](=O)[O-]. The van der Waals surface area contributed by atoms with Crippen molar-refractivity contribution < 1.29 is 28.0 Å². The van der Waals surface area contributed by atoms with E-state index >= 15 is 0 Å². The Morgan fingerprint density at radius 3 is 2.60 bits per heavy atom. The minimum Gasteiger partial charge on any atom is -0.480 e. The van der Waals surface area contributed by atoms with Crippen molar-refractivity contribution in [2.24, 2.45) is 0 Å². The number of carboxylic acids is 1. The van der Waals surface area contributed by atoms with Crippen molar-refractivity contribution in [3.8, 4) is 0 Å². The summed E-state index contributed by atoms with van der Waals surface area (Å²) < 4.78 is 37.2. The number of pyridine rings is 1. The average Bonchev–Trinajstić information content (AvgIpc) is 2.25. The lowest BCUT2D eigenvalue weighted by molar-refractivity contribution is -0.385. The summed E-state index contributed by atoms with van der Waals surface area (Å²) in [6.45, 7) is -1.15. The van der Waals surface area contributed by atoms with Gasteiger partial charge in [-0.3, -0.25) is 14.9 Å². The van der Waals surface area contributed by atoms with Gasteiger partial charge in [-0.15, -0.1) is 0 Å². The number of carboxylic acid groups (broad SMARTS) is 1. The minimum absolute atomic E-state index is 0.168. The van der Waals surface area contributed by atoms with Crippen LogP contribution in [-0.2, 0) is 4.79 Å². The van der Waals surface area contributed by atoms with Gasteiger partial charge < -0.3 is 10.0 Å². The van der Waals surface area contributed by atoms with Crippen molar-refractivity contribution in [2.45, 2.75) is 13.1 Å². The van der Waals surface area contributed by atoms with Gasteiger partial charge in [0.1, 0.15) is 18.9 Å². The first kappa shape index (κ1) is 15.7. The van der Waals surface area contributed by atoms with E-state index in [1.807, 2.05) is 0 Å². The highest BCUT2D eigenvalue weighted by Gasteiger charge is 2.33. The molecule has 0 bridgehead atoms. The van der Waals surface area contributed by atoms with E-state index in [1.54, 1.807) is 0 Å². The normalized spacial score (nSPS) is 11.2. The monoisotopic (exact) mass is 293 g/mol. The molecular weight excluding hydrogens is 283 g/mol. The van der Waals surface area contributed by atoms with Gasteiger partial charge in [0, 0.05) is 11.8 Å². The number of anilines is 1. The Kier molecular flexibility index (Phi) is 4.48. The summed E-state index contributed by atoms with van der Waals surface area (Å²) >= 11 is 0. The number of nitrogens with zero attached hydrogens (tertiary/aromatic N) is 3. The lowest BCUT2D eigenvalue weighted by Gasteiger charge is -2.22. The summed E-state index contributed by atoms with van der Waals surface area (Å²) in [5, 5.41) is 19.3. The van der Waals surface area contributed by atoms with Crippen molar-refractivity contribution in [3.63, 3.8) is 0 Å². The van der Waals surface area contributed by atoms with E-state index in [-0.39, 0.29) is 5.56 Å². The molecule has 0 unspecified atom stereocenters. The fourth-order valence-electron chi connectivity index (χ4n) is 1.47. The fourth-order valence-corrected chi connectivity index (χ4v) is 1.47. The van der Waals surface area contributed by atoms with Crippen LogP contribution in [0.3, 0.4) is 0 Å². The van der Waals surface area contributed by atoms with Gasteiger partial charge in [0.05, 0.1) is 11.0 Å². The molecule has 0 fully saturated rings. The summed E-state index contributed by atoms with van der Waals surface area (Å²) in [4.78, 5) is 24.6. The van der Waals surface area contributed by atoms with Crippen LogP contribution in [-0.4, -0.2) is 40.2 Å². The summed E-state index contributed by atoms with van der Waals surface area (Å²) in [6, 6.07) is 0.823. The predicted octanol–water partition coefficient (Wildman–Crippen LogP) is 1.75. The first-order valence-electron chi connectivity index (χ1n) is 5.24. The average molecular weight is 293 g/mol. The molecule has 1 heterocycles. The van der Waals surface area contributed by atoms with Gasteiger partial charge in [0.25, 0.3) is 5.69 Å². The lowest BCUT2D eigenvalue weighted by Crippen LogP contribution is -2.38. The molecule has 110 valence electrons. The molecular formula is C10H10F3N3O4. The van der Waals surface area contributed by atoms with Gasteiger partial charge in [-0.1, -0.05) is 0 Å². The van der Waals surface area contributed by atoms with Crippen LogP contribution in [0.1, 0.15) is 5.56 Å². The predicted molar refractivity (Wildman–Crippen MR) is 61.5 cm³/mol. The summed E-state index contributed by atoms with van der Waals surface area (Å²) in [7, 11) is 0. The number of nitro groups is 1. The molecule has 0 saturated heterocycles. The molecule has 0 aromatic carbocycles. The van der Waals surface area contributed by atoms with Crippen LogP contribution < -0.4 is 4.90 Å². The van der Waals surface area contributed by atoms with Crippen molar-refractivity contribution in [1.82, 2.24) is 4.98 Å². The molecule has 0 aliphatic rings. The van der Waals surface area contributed by atoms with Gasteiger partial charge in [-0.2, -0.15) is 13.2 Å². The summed E-state index contributed by atoms with van der Waals surface area (Å²) in [6.07, 6.45) is -3.63. The Bertz CT molecular complexity index is 533. The van der Waals surface area contributed by atoms with Crippen LogP contribution in [0.25, 0.3) is 0 Å². The maximum absolute atomic E-state index is 12.4. The molecule has 10 heteroatoms. The highest BCUT2D eigenvalue weighted by Crippen LogP contribution is 2.25. The van der Waals surface area contributed by atoms with E-state index in [0.29, 0.717) is 4.90 Å². The second kappa shape index (κ2) is 5.72. The molecule has 0 aliphatic heterocycles. The van der Waals surface area contributed by atoms with Crippen LogP contribution in [0.15, 0.2) is 12.3 Å². The second-order valence-electron chi connectivity index (χ2n) is 3.95. The Morgan fingerprint density at radius 2 is 2.15 bits per heavy atom. The molecule has 1 rings (SSSR count). The maximum Gasteiger partial charge on any atom is 0.405 e. The van der Waals surface area contributed by atoms with Crippen molar-refractivity contribution in [3.05, 3.63) is 27.9 Å². The number of rotatable bonds is 5. The quantitative estimate of drug-likeness (QED) is 0.656. The van der Waals surface area contributed by atoms with Gasteiger partial charge >= 0.3 is 12.1 Å². The van der Waals surface area contributed by atoms with Gasteiger partial charge in [0.2, 0.25) is 0 Å². The van der Waals surface area contributed by atoms with Crippen molar-refractivity contribution in [2.75, 3.05) is 18.0 Å². The third kappa shape index (κ3) is 4.37. The molecule has 7 nitrogen and oxygen atoms in total. The zero-order chi connectivity index (χ0) is 15.5. The largest absolute Gasteiger partial charge is 0.480 e. The molecule has 0 amide bonds. The molecule has 1 aromatic rings. The van der Waals surface area contributed by atoms with Crippen LogP contribution in [0, 0.1) is 17.0 Å². The Balaban J connectivity index is 3.16. The van der Waals surface area contributed by atoms with Crippen molar-refractivity contribution in [1.29, 1.82) is 0 Å². The Morgan fingerprint density at radius 1 is 1.55 bits per heavy atom. The molecule has 0 saturated carbocycles. The van der Waals surface area contributed by atoms with E-state index < -0.39 is 41.7 Å². The highest BCUT2D eigenvalue weighted by molar-refractivity contribution is 5.73. The number of aromatic nitrogens is 1. The molecule has 0 aliphatic carbocycles. The van der Waals surface area contributed by atoms with Crippen LogP contribution in [0.4, 0.5) is 24.7 Å². The molecule has 0 spiro atoms. The number of carbonyl (C=O) groups is 1. The third-order valence-electron chi connectivity index (χ3n) is 2.28. The first-order chi connectivity index (χ1) is 9.10. The molecule has 1 N–H and O–H groups in total. The number of hydrogen-bond acceptors (Lipinski definition) is 5. The zero-order valence-corrected chi connectivity index (χ0v) is 10.2. The number of aliphatic carboxylic acids is 1. The van der Waals surface area contributed by atoms with E-state index in [2.05, 4.69) is 4.98 Å². The minimum atomic E-state index is -4.66. The van der Waals surface area contributed by atoms with Crippen LogP contribution in [0.5, 0.6) is 0 Å². The molecule has 1 aromatic heterocycles. The standard InChI is InChI=1S/C10H10F3N3O4/c1-6-3-14-8(2-7(6)16(19)20)15(4-9(17)18)5-10(11,12)13/h2-3H,4-5H2,1H3,(H,17,18). The molecule has 0 radical (unpaired) electrons. The zero-order valence-electron chi connectivity index (χ0n) is 10.2. The van der Waals surface area contributed by atoms with E-state index in [4.69, 9.17) is 5.11 Å². The summed E-state index contributed by atoms with van der Waals surface area (Å²) in [5.74, 6) is -1.92.